The lowest BCUT2D eigenvalue weighted by Crippen LogP contribution is -2.27. The molecule has 0 aliphatic carbocycles. The molecule has 1 saturated heterocycles. The van der Waals surface area contributed by atoms with Crippen LogP contribution in [0.4, 0.5) is 0 Å². The predicted molar refractivity (Wildman–Crippen MR) is 72.4 cm³/mol. The number of hydrogen-bond donors (Lipinski definition) is 1. The summed E-state index contributed by atoms with van der Waals surface area (Å²) in [5, 5.41) is 3.70. The molecule has 1 atom stereocenters. The molecule has 0 spiro atoms. The van der Waals surface area contributed by atoms with Crippen LogP contribution >= 0.6 is 23.2 Å². The lowest BCUT2D eigenvalue weighted by atomic mass is 10.1. The molecular formula is C13H15Cl2NO2. The first kappa shape index (κ1) is 13.7. The Morgan fingerprint density at radius 1 is 1.39 bits per heavy atom. The van der Waals surface area contributed by atoms with E-state index in [-0.39, 0.29) is 5.91 Å². The van der Waals surface area contributed by atoms with Crippen LogP contribution < -0.4 is 5.32 Å². The molecule has 1 aliphatic heterocycles. The second-order valence-corrected chi connectivity index (χ2v) is 5.12. The first-order valence-electron chi connectivity index (χ1n) is 6.01. The van der Waals surface area contributed by atoms with Gasteiger partial charge in [0.25, 0.3) is 5.91 Å². The Bertz CT molecular complexity index is 431. The Labute approximate surface area is 116 Å². The summed E-state index contributed by atoms with van der Waals surface area (Å²) in [6, 6.07) is 4.86. The maximum Gasteiger partial charge on any atom is 0.251 e. The van der Waals surface area contributed by atoms with E-state index in [1.807, 2.05) is 0 Å². The van der Waals surface area contributed by atoms with Gasteiger partial charge in [-0.1, -0.05) is 23.2 Å². The molecule has 18 heavy (non-hydrogen) atoms. The second kappa shape index (κ2) is 6.41. The number of carbonyl (C=O) groups excluding carboxylic acids is 1. The third kappa shape index (κ3) is 3.61. The highest BCUT2D eigenvalue weighted by molar-refractivity contribution is 6.42. The van der Waals surface area contributed by atoms with Gasteiger partial charge in [0, 0.05) is 18.7 Å². The summed E-state index contributed by atoms with van der Waals surface area (Å²) in [7, 11) is 0. The molecule has 1 aromatic carbocycles. The number of halogens is 2. The predicted octanol–water partition coefficient (Wildman–Crippen LogP) is 3.29. The molecule has 1 aromatic rings. The average molecular weight is 288 g/mol. The van der Waals surface area contributed by atoms with Crippen LogP contribution in [0.3, 0.4) is 0 Å². The number of nitrogens with one attached hydrogen (secondary N) is 1. The summed E-state index contributed by atoms with van der Waals surface area (Å²) in [5.74, 6) is -0.133. The van der Waals surface area contributed by atoms with Gasteiger partial charge in [0.05, 0.1) is 16.1 Å². The number of rotatable bonds is 4. The fraction of sp³-hybridized carbons (Fsp3) is 0.462. The normalized spacial score (nSPS) is 18.9. The van der Waals surface area contributed by atoms with Crippen LogP contribution in [0.5, 0.6) is 0 Å². The zero-order valence-electron chi connectivity index (χ0n) is 9.92. The van der Waals surface area contributed by atoms with E-state index in [1.54, 1.807) is 18.2 Å². The molecule has 0 radical (unpaired) electrons. The van der Waals surface area contributed by atoms with Crippen molar-refractivity contribution in [1.82, 2.24) is 5.32 Å². The van der Waals surface area contributed by atoms with E-state index in [0.29, 0.717) is 28.3 Å². The monoisotopic (exact) mass is 287 g/mol. The van der Waals surface area contributed by atoms with Crippen molar-refractivity contribution in [2.45, 2.75) is 25.4 Å². The Kier molecular flexibility index (Phi) is 4.87. The van der Waals surface area contributed by atoms with Crippen molar-refractivity contribution in [2.24, 2.45) is 0 Å². The SMILES string of the molecule is O=C(NCCC1CCCO1)c1ccc(Cl)c(Cl)c1. The van der Waals surface area contributed by atoms with E-state index in [4.69, 9.17) is 27.9 Å². The van der Waals surface area contributed by atoms with Crippen LogP contribution in [-0.2, 0) is 4.74 Å². The van der Waals surface area contributed by atoms with Crippen molar-refractivity contribution < 1.29 is 9.53 Å². The van der Waals surface area contributed by atoms with Gasteiger partial charge < -0.3 is 10.1 Å². The molecule has 1 fully saturated rings. The minimum absolute atomic E-state index is 0.133. The summed E-state index contributed by atoms with van der Waals surface area (Å²) in [6.07, 6.45) is 3.35. The fourth-order valence-electron chi connectivity index (χ4n) is 1.96. The zero-order chi connectivity index (χ0) is 13.0. The number of ether oxygens (including phenoxy) is 1. The molecule has 1 unspecified atom stereocenters. The second-order valence-electron chi connectivity index (χ2n) is 4.31. The van der Waals surface area contributed by atoms with Crippen molar-refractivity contribution in [3.8, 4) is 0 Å². The highest BCUT2D eigenvalue weighted by Gasteiger charge is 2.15. The molecule has 3 nitrogen and oxygen atoms in total. The lowest BCUT2D eigenvalue weighted by Gasteiger charge is -2.10. The number of benzene rings is 1. The summed E-state index contributed by atoms with van der Waals surface area (Å²) in [4.78, 5) is 11.8. The van der Waals surface area contributed by atoms with Crippen LogP contribution in [0, 0.1) is 0 Å². The minimum Gasteiger partial charge on any atom is -0.378 e. The summed E-state index contributed by atoms with van der Waals surface area (Å²) in [6.45, 7) is 1.45. The third-order valence-corrected chi connectivity index (χ3v) is 3.70. The molecule has 1 amide bonds. The van der Waals surface area contributed by atoms with Crippen LogP contribution in [0.15, 0.2) is 18.2 Å². The van der Waals surface area contributed by atoms with E-state index >= 15 is 0 Å². The van der Waals surface area contributed by atoms with E-state index in [0.717, 1.165) is 25.9 Å². The molecule has 98 valence electrons. The van der Waals surface area contributed by atoms with Gasteiger partial charge in [0.2, 0.25) is 0 Å². The van der Waals surface area contributed by atoms with E-state index in [9.17, 15) is 4.79 Å². The van der Waals surface area contributed by atoms with Crippen LogP contribution in [0.2, 0.25) is 10.0 Å². The quantitative estimate of drug-likeness (QED) is 0.923. The molecule has 5 heteroatoms. The Hall–Kier alpha value is -0.770. The van der Waals surface area contributed by atoms with Gasteiger partial charge in [-0.05, 0) is 37.5 Å². The molecule has 0 bridgehead atoms. The van der Waals surface area contributed by atoms with Crippen molar-refractivity contribution in [2.75, 3.05) is 13.2 Å². The van der Waals surface area contributed by atoms with Gasteiger partial charge in [-0.15, -0.1) is 0 Å². The molecule has 1 heterocycles. The molecule has 0 aromatic heterocycles. The van der Waals surface area contributed by atoms with Crippen molar-refractivity contribution in [1.29, 1.82) is 0 Å². The van der Waals surface area contributed by atoms with Gasteiger partial charge >= 0.3 is 0 Å². The van der Waals surface area contributed by atoms with Gasteiger partial charge in [-0.25, -0.2) is 0 Å². The first-order chi connectivity index (χ1) is 8.66. The highest BCUT2D eigenvalue weighted by Crippen LogP contribution is 2.22. The lowest BCUT2D eigenvalue weighted by molar-refractivity contribution is 0.0907. The van der Waals surface area contributed by atoms with E-state index in [1.165, 1.54) is 0 Å². The smallest absolute Gasteiger partial charge is 0.251 e. The zero-order valence-corrected chi connectivity index (χ0v) is 11.4. The molecule has 0 saturated carbocycles. The summed E-state index contributed by atoms with van der Waals surface area (Å²) >= 11 is 11.7. The van der Waals surface area contributed by atoms with E-state index < -0.39 is 0 Å². The van der Waals surface area contributed by atoms with Gasteiger partial charge in [0.1, 0.15) is 0 Å². The topological polar surface area (TPSA) is 38.3 Å². The van der Waals surface area contributed by atoms with Crippen molar-refractivity contribution in [3.05, 3.63) is 33.8 Å². The van der Waals surface area contributed by atoms with Crippen LogP contribution in [-0.4, -0.2) is 25.2 Å². The number of carbonyl (C=O) groups is 1. The molecular weight excluding hydrogens is 273 g/mol. The largest absolute Gasteiger partial charge is 0.378 e. The van der Waals surface area contributed by atoms with Crippen molar-refractivity contribution >= 4 is 29.1 Å². The summed E-state index contributed by atoms with van der Waals surface area (Å²) < 4.78 is 5.49. The number of amides is 1. The van der Waals surface area contributed by atoms with Gasteiger partial charge in [0.15, 0.2) is 0 Å². The van der Waals surface area contributed by atoms with Crippen LogP contribution in [0.1, 0.15) is 29.6 Å². The van der Waals surface area contributed by atoms with Gasteiger partial charge in [-0.2, -0.15) is 0 Å². The minimum atomic E-state index is -0.133. The number of hydrogen-bond acceptors (Lipinski definition) is 2. The molecule has 1 N–H and O–H groups in total. The molecule has 2 rings (SSSR count). The summed E-state index contributed by atoms with van der Waals surface area (Å²) in [5.41, 5.74) is 0.525. The highest BCUT2D eigenvalue weighted by atomic mass is 35.5. The van der Waals surface area contributed by atoms with Gasteiger partial charge in [-0.3, -0.25) is 4.79 Å². The average Bonchev–Trinajstić information content (AvgIpc) is 2.85. The standard InChI is InChI=1S/C13H15Cl2NO2/c14-11-4-3-9(8-12(11)15)13(17)16-6-5-10-2-1-7-18-10/h3-4,8,10H,1-2,5-7H2,(H,16,17). The fourth-order valence-corrected chi connectivity index (χ4v) is 2.26. The Balaban J connectivity index is 1.81. The maximum atomic E-state index is 11.8. The van der Waals surface area contributed by atoms with E-state index in [2.05, 4.69) is 5.32 Å². The molecule has 1 aliphatic rings. The third-order valence-electron chi connectivity index (χ3n) is 2.96. The van der Waals surface area contributed by atoms with Crippen LogP contribution in [0.25, 0.3) is 0 Å². The maximum absolute atomic E-state index is 11.8. The Morgan fingerprint density at radius 3 is 2.89 bits per heavy atom. The first-order valence-corrected chi connectivity index (χ1v) is 6.77. The van der Waals surface area contributed by atoms with Crippen molar-refractivity contribution in [3.63, 3.8) is 0 Å². The Morgan fingerprint density at radius 2 is 2.22 bits per heavy atom.